The predicted molar refractivity (Wildman–Crippen MR) is 116 cm³/mol. The first-order valence-electron chi connectivity index (χ1n) is 9.80. The van der Waals surface area contributed by atoms with Crippen molar-refractivity contribution in [2.75, 3.05) is 26.2 Å². The second-order valence-corrected chi connectivity index (χ2v) is 10.1. The lowest BCUT2D eigenvalue weighted by atomic mass is 10.3. The number of thiazole rings is 1. The Hall–Kier alpha value is -2.69. The fourth-order valence-electron chi connectivity index (χ4n) is 3.43. The molecule has 4 rings (SSSR count). The molecule has 162 valence electrons. The van der Waals surface area contributed by atoms with Crippen LogP contribution >= 0.6 is 11.3 Å². The van der Waals surface area contributed by atoms with E-state index in [0.29, 0.717) is 40.8 Å². The first-order chi connectivity index (χ1) is 14.9. The zero-order valence-corrected chi connectivity index (χ0v) is 18.5. The molecule has 3 heterocycles. The highest BCUT2D eigenvalue weighted by Crippen LogP contribution is 2.28. The second-order valence-electron chi connectivity index (χ2n) is 7.15. The Morgan fingerprint density at radius 1 is 1.06 bits per heavy atom. The summed E-state index contributed by atoms with van der Waals surface area (Å²) in [6, 6.07) is 10.3. The van der Waals surface area contributed by atoms with Crippen LogP contribution in [0.1, 0.15) is 21.8 Å². The van der Waals surface area contributed by atoms with E-state index >= 15 is 0 Å². The van der Waals surface area contributed by atoms with Crippen molar-refractivity contribution in [1.82, 2.24) is 19.2 Å². The molecule has 0 bridgehead atoms. The Labute approximate surface area is 184 Å². The third-order valence-electron chi connectivity index (χ3n) is 5.07. The van der Waals surface area contributed by atoms with Crippen LogP contribution in [0.15, 0.2) is 53.6 Å². The van der Waals surface area contributed by atoms with Crippen LogP contribution in [-0.2, 0) is 10.0 Å². The van der Waals surface area contributed by atoms with E-state index in [1.165, 1.54) is 27.8 Å². The van der Waals surface area contributed by atoms with Crippen molar-refractivity contribution in [2.24, 2.45) is 0 Å². The van der Waals surface area contributed by atoms with E-state index in [0.717, 1.165) is 12.1 Å². The summed E-state index contributed by atoms with van der Waals surface area (Å²) in [5.74, 6) is -0.644. The normalized spacial score (nSPS) is 15.6. The average molecular weight is 461 g/mol. The van der Waals surface area contributed by atoms with Gasteiger partial charge in [-0.05, 0) is 49.7 Å². The molecular formula is C21H21FN4O3S2. The number of sulfonamides is 1. The van der Waals surface area contributed by atoms with Gasteiger partial charge < -0.3 is 4.90 Å². The number of carbonyl (C=O) groups is 1. The molecule has 1 saturated heterocycles. The van der Waals surface area contributed by atoms with Crippen LogP contribution in [0.5, 0.6) is 0 Å². The maximum atomic E-state index is 13.2. The molecule has 10 heteroatoms. The fraction of sp³-hybridized carbons (Fsp3) is 0.286. The number of aryl methyl sites for hydroxylation is 1. The van der Waals surface area contributed by atoms with Crippen LogP contribution in [0.2, 0.25) is 0 Å². The van der Waals surface area contributed by atoms with E-state index in [1.54, 1.807) is 18.0 Å². The number of rotatable bonds is 4. The summed E-state index contributed by atoms with van der Waals surface area (Å²) in [4.78, 5) is 24.2. The number of halogens is 1. The number of aromatic nitrogens is 2. The molecule has 0 saturated carbocycles. The molecule has 0 unspecified atom stereocenters. The van der Waals surface area contributed by atoms with Crippen molar-refractivity contribution in [1.29, 1.82) is 0 Å². The molecule has 31 heavy (non-hydrogen) atoms. The highest BCUT2D eigenvalue weighted by atomic mass is 32.2. The minimum Gasteiger partial charge on any atom is -0.337 e. The minimum atomic E-state index is -3.75. The number of carbonyl (C=O) groups excluding carboxylic acids is 1. The summed E-state index contributed by atoms with van der Waals surface area (Å²) in [5.41, 5.74) is 1.35. The third-order valence-corrected chi connectivity index (χ3v) is 8.15. The van der Waals surface area contributed by atoms with Gasteiger partial charge >= 0.3 is 0 Å². The van der Waals surface area contributed by atoms with Crippen LogP contribution in [0, 0.1) is 12.7 Å². The Balaban J connectivity index is 1.49. The van der Waals surface area contributed by atoms with Gasteiger partial charge in [0.15, 0.2) is 0 Å². The standard InChI is InChI=1S/C21H21FN4O3S2/c1-15-19(30-20(24-15)18-5-2-3-10-23-18)21(27)25-11-4-12-26(14-13-25)31(28,29)17-8-6-16(22)7-9-17/h2-3,5-10H,4,11-14H2,1H3. The molecular weight excluding hydrogens is 439 g/mol. The molecule has 0 spiro atoms. The lowest BCUT2D eigenvalue weighted by molar-refractivity contribution is 0.0768. The summed E-state index contributed by atoms with van der Waals surface area (Å²) < 4.78 is 40.3. The number of pyridine rings is 1. The summed E-state index contributed by atoms with van der Waals surface area (Å²) in [7, 11) is -3.75. The van der Waals surface area contributed by atoms with Crippen molar-refractivity contribution in [3.8, 4) is 10.7 Å². The molecule has 1 aliphatic heterocycles. The summed E-state index contributed by atoms with van der Waals surface area (Å²) in [6.45, 7) is 2.99. The summed E-state index contributed by atoms with van der Waals surface area (Å²) in [5, 5.41) is 0.678. The maximum Gasteiger partial charge on any atom is 0.265 e. The molecule has 0 radical (unpaired) electrons. The zero-order chi connectivity index (χ0) is 22.0. The lowest BCUT2D eigenvalue weighted by Crippen LogP contribution is -2.37. The Bertz CT molecular complexity index is 1180. The van der Waals surface area contributed by atoms with Gasteiger partial charge in [-0.2, -0.15) is 4.31 Å². The molecule has 0 atom stereocenters. The molecule has 1 fully saturated rings. The van der Waals surface area contributed by atoms with Crippen LogP contribution in [0.3, 0.4) is 0 Å². The van der Waals surface area contributed by atoms with Crippen LogP contribution in [0.25, 0.3) is 10.7 Å². The predicted octanol–water partition coefficient (Wildman–Crippen LogP) is 3.19. The van der Waals surface area contributed by atoms with Crippen molar-refractivity contribution in [3.63, 3.8) is 0 Å². The van der Waals surface area contributed by atoms with Gasteiger partial charge in [0, 0.05) is 32.4 Å². The van der Waals surface area contributed by atoms with Crippen LogP contribution in [-0.4, -0.2) is 59.7 Å². The minimum absolute atomic E-state index is 0.0481. The quantitative estimate of drug-likeness (QED) is 0.597. The van der Waals surface area contributed by atoms with Gasteiger partial charge in [0.25, 0.3) is 5.91 Å². The number of hydrogen-bond acceptors (Lipinski definition) is 6. The molecule has 0 aliphatic carbocycles. The molecule has 1 aromatic carbocycles. The molecule has 0 N–H and O–H groups in total. The Morgan fingerprint density at radius 3 is 2.55 bits per heavy atom. The summed E-state index contributed by atoms with van der Waals surface area (Å²) >= 11 is 1.29. The zero-order valence-electron chi connectivity index (χ0n) is 16.9. The van der Waals surface area contributed by atoms with E-state index in [1.807, 2.05) is 18.2 Å². The van der Waals surface area contributed by atoms with E-state index in [4.69, 9.17) is 0 Å². The van der Waals surface area contributed by atoms with E-state index < -0.39 is 15.8 Å². The van der Waals surface area contributed by atoms with Gasteiger partial charge in [0.2, 0.25) is 10.0 Å². The molecule has 3 aromatic rings. The smallest absolute Gasteiger partial charge is 0.265 e. The maximum absolute atomic E-state index is 13.2. The Kier molecular flexibility index (Phi) is 6.12. The highest BCUT2D eigenvalue weighted by molar-refractivity contribution is 7.89. The van der Waals surface area contributed by atoms with Gasteiger partial charge in [-0.3, -0.25) is 9.78 Å². The third kappa shape index (κ3) is 4.51. The summed E-state index contributed by atoms with van der Waals surface area (Å²) in [6.07, 6.45) is 2.19. The molecule has 2 aromatic heterocycles. The second kappa shape index (κ2) is 8.81. The molecule has 7 nitrogen and oxygen atoms in total. The van der Waals surface area contributed by atoms with Crippen LogP contribution in [0.4, 0.5) is 4.39 Å². The largest absolute Gasteiger partial charge is 0.337 e. The van der Waals surface area contributed by atoms with Gasteiger partial charge in [-0.1, -0.05) is 6.07 Å². The SMILES string of the molecule is Cc1nc(-c2ccccn2)sc1C(=O)N1CCCN(S(=O)(=O)c2ccc(F)cc2)CC1. The lowest BCUT2D eigenvalue weighted by Gasteiger charge is -2.21. The van der Waals surface area contributed by atoms with Crippen molar-refractivity contribution in [2.45, 2.75) is 18.2 Å². The van der Waals surface area contributed by atoms with E-state index in [-0.39, 0.29) is 23.9 Å². The number of nitrogens with zero attached hydrogens (tertiary/aromatic N) is 4. The van der Waals surface area contributed by atoms with Gasteiger partial charge in [0.1, 0.15) is 15.7 Å². The first kappa shape index (κ1) is 21.5. The van der Waals surface area contributed by atoms with Crippen LogP contribution < -0.4 is 0 Å². The van der Waals surface area contributed by atoms with Gasteiger partial charge in [0.05, 0.1) is 16.3 Å². The average Bonchev–Trinajstić information content (AvgIpc) is 2.98. The molecule has 1 aliphatic rings. The fourth-order valence-corrected chi connectivity index (χ4v) is 5.91. The van der Waals surface area contributed by atoms with Crippen molar-refractivity contribution < 1.29 is 17.6 Å². The van der Waals surface area contributed by atoms with Gasteiger partial charge in [-0.25, -0.2) is 17.8 Å². The highest BCUT2D eigenvalue weighted by Gasteiger charge is 2.30. The molecule has 1 amide bonds. The topological polar surface area (TPSA) is 83.5 Å². The van der Waals surface area contributed by atoms with E-state index in [9.17, 15) is 17.6 Å². The first-order valence-corrected chi connectivity index (χ1v) is 12.1. The monoisotopic (exact) mass is 460 g/mol. The van der Waals surface area contributed by atoms with Crippen molar-refractivity contribution >= 4 is 27.3 Å². The number of benzene rings is 1. The van der Waals surface area contributed by atoms with E-state index in [2.05, 4.69) is 9.97 Å². The number of hydrogen-bond donors (Lipinski definition) is 0. The Morgan fingerprint density at radius 2 is 1.84 bits per heavy atom. The van der Waals surface area contributed by atoms with Gasteiger partial charge in [-0.15, -0.1) is 11.3 Å². The number of amides is 1. The van der Waals surface area contributed by atoms with Crippen molar-refractivity contribution in [3.05, 3.63) is 65.0 Å².